The standard InChI is InChI=1S/C13H24O5/c1-7-13(11(2,3)14)9(15-6)8-10(18-13)17-12(4,5)16-8/h8-10,14H,7H2,1-6H3/t8-,9+,10+,13-/m1/s1. The van der Waals surface area contributed by atoms with E-state index in [9.17, 15) is 5.11 Å². The Bertz CT molecular complexity index is 322. The highest BCUT2D eigenvalue weighted by atomic mass is 16.8. The lowest BCUT2D eigenvalue weighted by Gasteiger charge is -2.43. The molecule has 2 saturated heterocycles. The van der Waals surface area contributed by atoms with Crippen molar-refractivity contribution in [1.82, 2.24) is 0 Å². The van der Waals surface area contributed by atoms with Crippen molar-refractivity contribution in [2.24, 2.45) is 0 Å². The third-order valence-corrected chi connectivity index (χ3v) is 3.99. The average Bonchev–Trinajstić information content (AvgIpc) is 2.65. The lowest BCUT2D eigenvalue weighted by atomic mass is 9.78. The molecule has 0 saturated carbocycles. The van der Waals surface area contributed by atoms with Crippen LogP contribution in [0.25, 0.3) is 0 Å². The molecule has 5 nitrogen and oxygen atoms in total. The van der Waals surface area contributed by atoms with E-state index in [1.54, 1.807) is 21.0 Å². The van der Waals surface area contributed by atoms with E-state index in [1.165, 1.54) is 0 Å². The minimum Gasteiger partial charge on any atom is -0.387 e. The van der Waals surface area contributed by atoms with Crippen LogP contribution in [0.15, 0.2) is 0 Å². The average molecular weight is 260 g/mol. The summed E-state index contributed by atoms with van der Waals surface area (Å²) in [6, 6.07) is 0. The number of ether oxygens (including phenoxy) is 4. The molecule has 0 unspecified atom stereocenters. The van der Waals surface area contributed by atoms with Crippen LogP contribution in [0.5, 0.6) is 0 Å². The van der Waals surface area contributed by atoms with Crippen LogP contribution >= 0.6 is 0 Å². The van der Waals surface area contributed by atoms with Crippen molar-refractivity contribution >= 4 is 0 Å². The zero-order valence-corrected chi connectivity index (χ0v) is 12.0. The van der Waals surface area contributed by atoms with E-state index in [0.29, 0.717) is 6.42 Å². The van der Waals surface area contributed by atoms with E-state index >= 15 is 0 Å². The Balaban J connectivity index is 2.33. The van der Waals surface area contributed by atoms with Crippen LogP contribution in [0.2, 0.25) is 0 Å². The molecule has 4 atom stereocenters. The Morgan fingerprint density at radius 3 is 2.28 bits per heavy atom. The highest BCUT2D eigenvalue weighted by molar-refractivity contribution is 5.10. The quantitative estimate of drug-likeness (QED) is 0.832. The zero-order chi connectivity index (χ0) is 13.8. The maximum atomic E-state index is 10.4. The second-order valence-corrected chi connectivity index (χ2v) is 6.04. The van der Waals surface area contributed by atoms with Gasteiger partial charge in [0.05, 0.1) is 5.60 Å². The molecule has 106 valence electrons. The number of methoxy groups -OCH3 is 1. The van der Waals surface area contributed by atoms with Gasteiger partial charge in [0.25, 0.3) is 0 Å². The lowest BCUT2D eigenvalue weighted by Crippen LogP contribution is -2.59. The maximum Gasteiger partial charge on any atom is 0.190 e. The Labute approximate surface area is 108 Å². The first-order valence-corrected chi connectivity index (χ1v) is 6.45. The SMILES string of the molecule is CC[C@@]1(C(C)(C)O)O[C@@H]2OC(C)(C)O[C@@H]2[C@@H]1OC. The second-order valence-electron chi connectivity index (χ2n) is 6.04. The Hall–Kier alpha value is -0.200. The number of aliphatic hydroxyl groups is 1. The van der Waals surface area contributed by atoms with E-state index in [4.69, 9.17) is 18.9 Å². The van der Waals surface area contributed by atoms with Gasteiger partial charge >= 0.3 is 0 Å². The molecule has 0 radical (unpaired) electrons. The van der Waals surface area contributed by atoms with Crippen molar-refractivity contribution in [1.29, 1.82) is 0 Å². The minimum absolute atomic E-state index is 0.309. The third kappa shape index (κ3) is 1.89. The Morgan fingerprint density at radius 1 is 1.22 bits per heavy atom. The van der Waals surface area contributed by atoms with Crippen molar-refractivity contribution in [3.05, 3.63) is 0 Å². The van der Waals surface area contributed by atoms with Gasteiger partial charge in [-0.25, -0.2) is 0 Å². The summed E-state index contributed by atoms with van der Waals surface area (Å²) in [7, 11) is 1.61. The van der Waals surface area contributed by atoms with Gasteiger partial charge in [-0.2, -0.15) is 0 Å². The second kappa shape index (κ2) is 4.15. The molecule has 5 heteroatoms. The Kier molecular flexibility index (Phi) is 3.28. The molecule has 0 bridgehead atoms. The molecule has 0 spiro atoms. The van der Waals surface area contributed by atoms with E-state index in [0.717, 1.165) is 0 Å². The van der Waals surface area contributed by atoms with Crippen LogP contribution in [-0.2, 0) is 18.9 Å². The molecule has 18 heavy (non-hydrogen) atoms. The number of rotatable bonds is 3. The van der Waals surface area contributed by atoms with E-state index in [2.05, 4.69) is 0 Å². The van der Waals surface area contributed by atoms with Crippen molar-refractivity contribution < 1.29 is 24.1 Å². The summed E-state index contributed by atoms with van der Waals surface area (Å²) in [5.74, 6) is -0.675. The largest absolute Gasteiger partial charge is 0.387 e. The smallest absolute Gasteiger partial charge is 0.190 e. The monoisotopic (exact) mass is 260 g/mol. The van der Waals surface area contributed by atoms with Crippen molar-refractivity contribution in [3.8, 4) is 0 Å². The molecule has 2 heterocycles. The molecule has 0 aromatic heterocycles. The topological polar surface area (TPSA) is 57.2 Å². The number of hydrogen-bond acceptors (Lipinski definition) is 5. The van der Waals surface area contributed by atoms with E-state index in [-0.39, 0.29) is 12.2 Å². The summed E-state index contributed by atoms with van der Waals surface area (Å²) in [5.41, 5.74) is -1.85. The molecule has 1 N–H and O–H groups in total. The highest BCUT2D eigenvalue weighted by Crippen LogP contribution is 2.49. The fraction of sp³-hybridized carbons (Fsp3) is 1.00. The first-order chi connectivity index (χ1) is 8.17. The van der Waals surface area contributed by atoms with Crippen molar-refractivity contribution in [3.63, 3.8) is 0 Å². The molecule has 0 aromatic rings. The molecule has 0 aliphatic carbocycles. The summed E-state index contributed by atoms with van der Waals surface area (Å²) >= 11 is 0. The van der Waals surface area contributed by atoms with Crippen LogP contribution in [-0.4, -0.2) is 47.7 Å². The highest BCUT2D eigenvalue weighted by Gasteiger charge is 2.66. The lowest BCUT2D eigenvalue weighted by molar-refractivity contribution is -0.277. The summed E-state index contributed by atoms with van der Waals surface area (Å²) < 4.78 is 23.1. The van der Waals surface area contributed by atoms with Crippen LogP contribution in [0.3, 0.4) is 0 Å². The zero-order valence-electron chi connectivity index (χ0n) is 12.0. The van der Waals surface area contributed by atoms with Gasteiger partial charge in [-0.15, -0.1) is 0 Å². The van der Waals surface area contributed by atoms with Crippen LogP contribution in [0, 0.1) is 0 Å². The van der Waals surface area contributed by atoms with Gasteiger partial charge in [0.1, 0.15) is 17.8 Å². The molecule has 2 rings (SSSR count). The summed E-state index contributed by atoms with van der Waals surface area (Å²) in [6.45, 7) is 9.12. The molecule has 0 aromatic carbocycles. The van der Waals surface area contributed by atoms with Gasteiger partial charge < -0.3 is 24.1 Å². The van der Waals surface area contributed by atoms with E-state index in [1.807, 2.05) is 20.8 Å². The van der Waals surface area contributed by atoms with Gasteiger partial charge in [-0.05, 0) is 34.1 Å². The molecular weight excluding hydrogens is 236 g/mol. The summed E-state index contributed by atoms with van der Waals surface area (Å²) in [4.78, 5) is 0. The van der Waals surface area contributed by atoms with Gasteiger partial charge in [-0.1, -0.05) is 6.92 Å². The number of fused-ring (bicyclic) bond motifs is 1. The van der Waals surface area contributed by atoms with Crippen LogP contribution < -0.4 is 0 Å². The first-order valence-electron chi connectivity index (χ1n) is 6.45. The molecule has 0 amide bonds. The third-order valence-electron chi connectivity index (χ3n) is 3.99. The van der Waals surface area contributed by atoms with Crippen LogP contribution in [0.1, 0.15) is 41.0 Å². The van der Waals surface area contributed by atoms with Crippen LogP contribution in [0.4, 0.5) is 0 Å². The van der Waals surface area contributed by atoms with Gasteiger partial charge in [0, 0.05) is 7.11 Å². The predicted octanol–water partition coefficient (Wildman–Crippen LogP) is 1.43. The normalized spacial score (nSPS) is 43.2. The molecule has 2 aliphatic rings. The first kappa shape index (κ1) is 14.2. The Morgan fingerprint density at radius 2 is 1.83 bits per heavy atom. The maximum absolute atomic E-state index is 10.4. The number of hydrogen-bond donors (Lipinski definition) is 1. The van der Waals surface area contributed by atoms with Gasteiger partial charge in [-0.3, -0.25) is 0 Å². The summed E-state index contributed by atoms with van der Waals surface area (Å²) in [5, 5.41) is 10.4. The molecular formula is C13H24O5. The minimum atomic E-state index is -1.04. The fourth-order valence-electron chi connectivity index (χ4n) is 3.13. The van der Waals surface area contributed by atoms with E-state index < -0.39 is 23.3 Å². The van der Waals surface area contributed by atoms with Crippen molar-refractivity contribution in [2.75, 3.05) is 7.11 Å². The fourth-order valence-corrected chi connectivity index (χ4v) is 3.13. The van der Waals surface area contributed by atoms with Gasteiger partial charge in [0.2, 0.25) is 0 Å². The van der Waals surface area contributed by atoms with Gasteiger partial charge in [0.15, 0.2) is 12.1 Å². The predicted molar refractivity (Wildman–Crippen MR) is 65.0 cm³/mol. The van der Waals surface area contributed by atoms with Crippen molar-refractivity contribution in [2.45, 2.75) is 76.5 Å². The summed E-state index contributed by atoms with van der Waals surface area (Å²) in [6.07, 6.45) is -0.531. The molecule has 2 fully saturated rings. The molecule has 2 aliphatic heterocycles.